The Morgan fingerprint density at radius 2 is 1.38 bits per heavy atom. The van der Waals surface area contributed by atoms with Crippen LogP contribution in [0.3, 0.4) is 0 Å². The molecule has 11 heteroatoms. The quantitative estimate of drug-likeness (QED) is 0.501. The Kier molecular flexibility index (Phi) is 5.43. The zero-order chi connectivity index (χ0) is 14.4. The van der Waals surface area contributed by atoms with Crippen LogP contribution in [0.5, 0.6) is 5.75 Å². The number of benzene rings is 2. The molecule has 0 bridgehead atoms. The van der Waals surface area contributed by atoms with Gasteiger partial charge in [0.25, 0.3) is 20.2 Å². The highest BCUT2D eigenvalue weighted by molar-refractivity contribution is 7.86. The molecule has 0 aliphatic carbocycles. The second-order valence-corrected chi connectivity index (χ2v) is 6.59. The van der Waals surface area contributed by atoms with Crippen LogP contribution in [0, 0.1) is 0 Å². The molecular formula is C10H14N2O7S2. The molecular weight excluding hydrogens is 324 g/mol. The normalized spacial score (nSPS) is 11.5. The van der Waals surface area contributed by atoms with Crippen molar-refractivity contribution in [2.24, 2.45) is 0 Å². The lowest BCUT2D eigenvalue weighted by atomic mass is 10.1. The maximum Gasteiger partial charge on any atom is 0.295 e. The fourth-order valence-electron chi connectivity index (χ4n) is 1.65. The third kappa shape index (κ3) is 3.87. The second kappa shape index (κ2) is 5.93. The molecule has 0 aliphatic rings. The number of phenols is 1. The molecule has 2 rings (SSSR count). The van der Waals surface area contributed by atoms with E-state index in [1.165, 1.54) is 12.1 Å². The largest absolute Gasteiger partial charge is 0.508 e. The summed E-state index contributed by atoms with van der Waals surface area (Å²) in [5.74, 6) is -0.253. The molecule has 0 spiro atoms. The number of rotatable bonds is 2. The first-order chi connectivity index (χ1) is 8.59. The predicted molar refractivity (Wildman–Crippen MR) is 75.3 cm³/mol. The van der Waals surface area contributed by atoms with E-state index < -0.39 is 30.0 Å². The van der Waals surface area contributed by atoms with Gasteiger partial charge in [-0.25, -0.2) is 0 Å². The summed E-state index contributed by atoms with van der Waals surface area (Å²) in [7, 11) is -9.34. The van der Waals surface area contributed by atoms with Crippen LogP contribution in [-0.2, 0) is 20.2 Å². The highest BCUT2D eigenvalue weighted by atomic mass is 32.2. The minimum atomic E-state index is -4.72. The highest BCUT2D eigenvalue weighted by Gasteiger charge is 2.20. The first kappa shape index (κ1) is 19.2. The van der Waals surface area contributed by atoms with Gasteiger partial charge in [-0.3, -0.25) is 9.11 Å². The van der Waals surface area contributed by atoms with Crippen molar-refractivity contribution in [1.82, 2.24) is 12.3 Å². The molecule has 118 valence electrons. The van der Waals surface area contributed by atoms with Crippen molar-refractivity contribution in [3.05, 3.63) is 30.3 Å². The SMILES string of the molecule is N.N.O=S(=O)(O)c1cc(S(=O)(=O)O)c2cc(O)ccc2c1. The lowest BCUT2D eigenvalue weighted by Gasteiger charge is -2.07. The van der Waals surface area contributed by atoms with Gasteiger partial charge in [-0.1, -0.05) is 6.07 Å². The van der Waals surface area contributed by atoms with E-state index in [0.717, 1.165) is 12.1 Å². The fraction of sp³-hybridized carbons (Fsp3) is 0. The monoisotopic (exact) mass is 338 g/mol. The Bertz CT molecular complexity index is 876. The van der Waals surface area contributed by atoms with Gasteiger partial charge in [-0.2, -0.15) is 16.8 Å². The summed E-state index contributed by atoms with van der Waals surface area (Å²) in [5.41, 5.74) is 0. The lowest BCUT2D eigenvalue weighted by Crippen LogP contribution is -2.04. The topological polar surface area (TPSA) is 199 Å². The summed E-state index contributed by atoms with van der Waals surface area (Å²) in [5, 5.41) is 9.37. The molecule has 2 aromatic carbocycles. The summed E-state index contributed by atoms with van der Waals surface area (Å²) < 4.78 is 62.6. The third-order valence-electron chi connectivity index (χ3n) is 2.45. The number of aromatic hydroxyl groups is 1. The van der Waals surface area contributed by atoms with Crippen molar-refractivity contribution in [3.8, 4) is 5.75 Å². The molecule has 2 aromatic rings. The third-order valence-corrected chi connectivity index (χ3v) is 4.17. The molecule has 0 aliphatic heterocycles. The summed E-state index contributed by atoms with van der Waals surface area (Å²) in [6.07, 6.45) is 0. The van der Waals surface area contributed by atoms with Crippen LogP contribution in [0.2, 0.25) is 0 Å². The van der Waals surface area contributed by atoms with Crippen LogP contribution < -0.4 is 12.3 Å². The van der Waals surface area contributed by atoms with Gasteiger partial charge in [-0.15, -0.1) is 0 Å². The molecule has 0 saturated heterocycles. The molecule has 0 saturated carbocycles. The van der Waals surface area contributed by atoms with Crippen LogP contribution in [0.1, 0.15) is 0 Å². The maximum absolute atomic E-state index is 11.2. The molecule has 0 amide bonds. The Morgan fingerprint density at radius 1 is 0.810 bits per heavy atom. The van der Waals surface area contributed by atoms with Crippen LogP contribution in [0.25, 0.3) is 10.8 Å². The smallest absolute Gasteiger partial charge is 0.295 e. The summed E-state index contributed by atoms with van der Waals surface area (Å²) >= 11 is 0. The fourth-order valence-corrected chi connectivity index (χ4v) is 3.00. The van der Waals surface area contributed by atoms with E-state index in [2.05, 4.69) is 0 Å². The van der Waals surface area contributed by atoms with Crippen LogP contribution in [0.4, 0.5) is 0 Å². The van der Waals surface area contributed by atoms with E-state index in [1.54, 1.807) is 0 Å². The lowest BCUT2D eigenvalue weighted by molar-refractivity contribution is 0.476. The molecule has 0 radical (unpaired) electrons. The van der Waals surface area contributed by atoms with Gasteiger partial charge in [0.05, 0.1) is 4.90 Å². The number of phenolic OH excluding ortho intramolecular Hbond substituents is 1. The van der Waals surface area contributed by atoms with Gasteiger partial charge < -0.3 is 17.4 Å². The summed E-state index contributed by atoms with van der Waals surface area (Å²) in [4.78, 5) is -1.38. The average molecular weight is 338 g/mol. The van der Waals surface area contributed by atoms with Crippen molar-refractivity contribution in [2.45, 2.75) is 9.79 Å². The molecule has 0 atom stereocenters. The van der Waals surface area contributed by atoms with E-state index in [1.807, 2.05) is 0 Å². The van der Waals surface area contributed by atoms with Gasteiger partial charge in [0.1, 0.15) is 10.6 Å². The summed E-state index contributed by atoms with van der Waals surface area (Å²) in [6.45, 7) is 0. The van der Waals surface area contributed by atoms with E-state index in [0.29, 0.717) is 6.07 Å². The molecule has 21 heavy (non-hydrogen) atoms. The molecule has 9 N–H and O–H groups in total. The van der Waals surface area contributed by atoms with Crippen LogP contribution in [-0.4, -0.2) is 31.0 Å². The van der Waals surface area contributed by atoms with Crippen molar-refractivity contribution in [1.29, 1.82) is 0 Å². The van der Waals surface area contributed by atoms with Crippen molar-refractivity contribution >= 4 is 31.0 Å². The molecule has 0 heterocycles. The van der Waals surface area contributed by atoms with Gasteiger partial charge in [0, 0.05) is 5.39 Å². The molecule has 0 aromatic heterocycles. The first-order valence-corrected chi connectivity index (χ1v) is 7.69. The Balaban J connectivity index is 0.00000200. The zero-order valence-corrected chi connectivity index (χ0v) is 12.2. The van der Waals surface area contributed by atoms with Gasteiger partial charge in [0.2, 0.25) is 0 Å². The molecule has 9 nitrogen and oxygen atoms in total. The van der Waals surface area contributed by atoms with Crippen molar-refractivity contribution < 1.29 is 31.0 Å². The standard InChI is InChI=1S/C10H8O7S2.2H3N/c11-7-2-1-6-3-8(18(12,13)14)5-10(9(6)4-7)19(15,16)17;;/h1-5,11H,(H,12,13,14)(H,15,16,17);2*1H3. The number of fused-ring (bicyclic) bond motifs is 1. The van der Waals surface area contributed by atoms with Crippen LogP contribution >= 0.6 is 0 Å². The predicted octanol–water partition coefficient (Wildman–Crippen LogP) is 1.36. The Labute approximate surface area is 120 Å². The van der Waals surface area contributed by atoms with E-state index in [4.69, 9.17) is 9.11 Å². The minimum Gasteiger partial charge on any atom is -0.508 e. The number of hydrogen-bond donors (Lipinski definition) is 5. The van der Waals surface area contributed by atoms with Crippen LogP contribution in [0.15, 0.2) is 40.1 Å². The summed E-state index contributed by atoms with van der Waals surface area (Å²) in [6, 6.07) is 5.18. The van der Waals surface area contributed by atoms with Gasteiger partial charge in [0.15, 0.2) is 0 Å². The zero-order valence-electron chi connectivity index (χ0n) is 10.6. The molecule has 0 fully saturated rings. The average Bonchev–Trinajstić information content (AvgIpc) is 2.24. The first-order valence-electron chi connectivity index (χ1n) is 4.81. The van der Waals surface area contributed by atoms with Crippen molar-refractivity contribution in [2.75, 3.05) is 0 Å². The van der Waals surface area contributed by atoms with E-state index >= 15 is 0 Å². The maximum atomic E-state index is 11.2. The minimum absolute atomic E-state index is 0. The molecule has 0 unspecified atom stereocenters. The second-order valence-electron chi connectivity index (χ2n) is 3.78. The van der Waals surface area contributed by atoms with E-state index in [9.17, 15) is 21.9 Å². The highest BCUT2D eigenvalue weighted by Crippen LogP contribution is 2.29. The van der Waals surface area contributed by atoms with Gasteiger partial charge >= 0.3 is 0 Å². The Hall–Kier alpha value is -1.76. The Morgan fingerprint density at radius 3 is 1.86 bits per heavy atom. The van der Waals surface area contributed by atoms with Gasteiger partial charge in [-0.05, 0) is 29.7 Å². The van der Waals surface area contributed by atoms with E-state index in [-0.39, 0.29) is 28.8 Å². The van der Waals surface area contributed by atoms with Crippen molar-refractivity contribution in [3.63, 3.8) is 0 Å². The number of hydrogen-bond acceptors (Lipinski definition) is 7.